The summed E-state index contributed by atoms with van der Waals surface area (Å²) in [6.07, 6.45) is -4.88. The molecule has 0 aromatic heterocycles. The van der Waals surface area contributed by atoms with E-state index in [1.807, 2.05) is 0 Å². The number of rotatable bonds is 6. The van der Waals surface area contributed by atoms with E-state index in [4.69, 9.17) is 5.26 Å². The first kappa shape index (κ1) is 17.2. The van der Waals surface area contributed by atoms with Gasteiger partial charge in [-0.25, -0.2) is 0 Å². The Morgan fingerprint density at radius 2 is 2.14 bits per heavy atom. The van der Waals surface area contributed by atoms with Gasteiger partial charge in [0.25, 0.3) is 5.69 Å². The van der Waals surface area contributed by atoms with Gasteiger partial charge in [0.05, 0.1) is 16.9 Å². The molecule has 1 N–H and O–H groups in total. The zero-order valence-electron chi connectivity index (χ0n) is 11.0. The van der Waals surface area contributed by atoms with E-state index in [9.17, 15) is 28.1 Å². The zero-order chi connectivity index (χ0) is 16.8. The summed E-state index contributed by atoms with van der Waals surface area (Å²) in [5.41, 5.74) is -2.04. The molecule has 0 unspecified atom stereocenters. The topological polar surface area (TPSA) is 105 Å². The maximum absolute atomic E-state index is 12.5. The minimum atomic E-state index is -4.69. The molecule has 22 heavy (non-hydrogen) atoms. The number of carbonyl (C=O) groups is 1. The van der Waals surface area contributed by atoms with Gasteiger partial charge in [0.2, 0.25) is 0 Å². The summed E-state index contributed by atoms with van der Waals surface area (Å²) in [4.78, 5) is 21.0. The summed E-state index contributed by atoms with van der Waals surface area (Å²) in [6.45, 7) is -0.504. The molecule has 0 spiro atoms. The van der Waals surface area contributed by atoms with Crippen LogP contribution >= 0.6 is 0 Å². The number of benzene rings is 1. The molecule has 0 aliphatic rings. The Morgan fingerprint density at radius 3 is 2.68 bits per heavy atom. The number of halogens is 3. The van der Waals surface area contributed by atoms with Crippen molar-refractivity contribution in [1.82, 2.24) is 0 Å². The number of hydrogen-bond acceptors (Lipinski definition) is 6. The number of esters is 1. The summed E-state index contributed by atoms with van der Waals surface area (Å²) < 4.78 is 42.0. The van der Waals surface area contributed by atoms with Gasteiger partial charge in [-0.1, -0.05) is 0 Å². The van der Waals surface area contributed by atoms with Crippen molar-refractivity contribution < 1.29 is 27.6 Å². The molecule has 7 nitrogen and oxygen atoms in total. The number of anilines is 1. The SMILES string of the molecule is N#CCOC(=O)CCNc1ccc(C(F)(F)F)cc1[N+](=O)[O-]. The summed E-state index contributed by atoms with van der Waals surface area (Å²) in [5, 5.41) is 21.5. The lowest BCUT2D eigenvalue weighted by Crippen LogP contribution is -2.13. The second-order valence-corrected chi connectivity index (χ2v) is 3.98. The second kappa shape index (κ2) is 7.26. The van der Waals surface area contributed by atoms with Crippen LogP contribution in [-0.4, -0.2) is 24.0 Å². The number of ether oxygens (including phenoxy) is 1. The fourth-order valence-electron chi connectivity index (χ4n) is 1.49. The van der Waals surface area contributed by atoms with E-state index < -0.39 is 34.9 Å². The number of nitro groups is 1. The molecule has 0 heterocycles. The van der Waals surface area contributed by atoms with Crippen LogP contribution in [0.1, 0.15) is 12.0 Å². The van der Waals surface area contributed by atoms with Gasteiger partial charge in [-0.15, -0.1) is 0 Å². The molecule has 0 radical (unpaired) electrons. The molecule has 118 valence electrons. The van der Waals surface area contributed by atoms with Gasteiger partial charge in [0.15, 0.2) is 6.61 Å². The number of nitriles is 1. The lowest BCUT2D eigenvalue weighted by atomic mass is 10.1. The van der Waals surface area contributed by atoms with Crippen LogP contribution in [0.3, 0.4) is 0 Å². The molecule has 0 amide bonds. The molecule has 0 aliphatic carbocycles. The summed E-state index contributed by atoms with van der Waals surface area (Å²) in [7, 11) is 0. The molecule has 1 rings (SSSR count). The Bertz CT molecular complexity index is 611. The van der Waals surface area contributed by atoms with Crippen LogP contribution in [-0.2, 0) is 15.7 Å². The van der Waals surface area contributed by atoms with Crippen molar-refractivity contribution in [2.75, 3.05) is 18.5 Å². The average molecular weight is 317 g/mol. The molecule has 0 bridgehead atoms. The smallest absolute Gasteiger partial charge is 0.416 e. The largest absolute Gasteiger partial charge is 0.450 e. The number of nitrogens with zero attached hydrogens (tertiary/aromatic N) is 2. The van der Waals surface area contributed by atoms with Crippen molar-refractivity contribution in [3.05, 3.63) is 33.9 Å². The lowest BCUT2D eigenvalue weighted by molar-refractivity contribution is -0.384. The average Bonchev–Trinajstić information content (AvgIpc) is 2.44. The third-order valence-electron chi connectivity index (χ3n) is 2.46. The number of carbonyl (C=O) groups excluding carboxylic acids is 1. The van der Waals surface area contributed by atoms with Crippen LogP contribution in [0.25, 0.3) is 0 Å². The van der Waals surface area contributed by atoms with Crippen molar-refractivity contribution in [2.24, 2.45) is 0 Å². The monoisotopic (exact) mass is 317 g/mol. The highest BCUT2D eigenvalue weighted by atomic mass is 19.4. The highest BCUT2D eigenvalue weighted by Crippen LogP contribution is 2.34. The van der Waals surface area contributed by atoms with E-state index in [-0.39, 0.29) is 18.7 Å². The first-order valence-electron chi connectivity index (χ1n) is 5.87. The van der Waals surface area contributed by atoms with Gasteiger partial charge in [-0.2, -0.15) is 18.4 Å². The molecule has 10 heteroatoms. The van der Waals surface area contributed by atoms with Gasteiger partial charge < -0.3 is 10.1 Å². The molecule has 0 aliphatic heterocycles. The molecule has 0 saturated carbocycles. The van der Waals surface area contributed by atoms with Crippen LogP contribution in [0, 0.1) is 21.4 Å². The first-order chi connectivity index (χ1) is 10.3. The Kier molecular flexibility index (Phi) is 5.68. The number of nitrogens with one attached hydrogen (secondary N) is 1. The minimum absolute atomic E-state index is 0.0868. The number of nitro benzene ring substituents is 1. The molecule has 1 aromatic carbocycles. The van der Waals surface area contributed by atoms with Gasteiger partial charge in [0, 0.05) is 12.6 Å². The van der Waals surface area contributed by atoms with E-state index >= 15 is 0 Å². The van der Waals surface area contributed by atoms with Crippen LogP contribution in [0.4, 0.5) is 24.5 Å². The number of hydrogen-bond donors (Lipinski definition) is 1. The Balaban J connectivity index is 2.77. The third-order valence-corrected chi connectivity index (χ3v) is 2.46. The van der Waals surface area contributed by atoms with Crippen molar-refractivity contribution >= 4 is 17.3 Å². The molecule has 1 aromatic rings. The van der Waals surface area contributed by atoms with Gasteiger partial charge >= 0.3 is 12.1 Å². The number of alkyl halides is 3. The van der Waals surface area contributed by atoms with Crippen LogP contribution in [0.2, 0.25) is 0 Å². The minimum Gasteiger partial charge on any atom is -0.450 e. The molecule has 0 saturated heterocycles. The third kappa shape index (κ3) is 4.93. The Hall–Kier alpha value is -2.83. The van der Waals surface area contributed by atoms with E-state index in [0.717, 1.165) is 6.07 Å². The van der Waals surface area contributed by atoms with Gasteiger partial charge in [-0.05, 0) is 12.1 Å². The maximum atomic E-state index is 12.5. The van der Waals surface area contributed by atoms with Crippen molar-refractivity contribution in [1.29, 1.82) is 5.26 Å². The summed E-state index contributed by atoms with van der Waals surface area (Å²) >= 11 is 0. The normalized spacial score (nSPS) is 10.6. The predicted octanol–water partition coefficient (Wildman–Crippen LogP) is 2.48. The van der Waals surface area contributed by atoms with E-state index in [2.05, 4.69) is 10.1 Å². The second-order valence-electron chi connectivity index (χ2n) is 3.98. The fraction of sp³-hybridized carbons (Fsp3) is 0.333. The lowest BCUT2D eigenvalue weighted by Gasteiger charge is -2.10. The van der Waals surface area contributed by atoms with Gasteiger partial charge in [-0.3, -0.25) is 14.9 Å². The van der Waals surface area contributed by atoms with E-state index in [0.29, 0.717) is 12.1 Å². The Morgan fingerprint density at radius 1 is 1.45 bits per heavy atom. The fourth-order valence-corrected chi connectivity index (χ4v) is 1.49. The van der Waals surface area contributed by atoms with Crippen molar-refractivity contribution in [3.63, 3.8) is 0 Å². The molecular weight excluding hydrogens is 307 g/mol. The molecule has 0 fully saturated rings. The standard InChI is InChI=1S/C12H10F3N3O4/c13-12(14,15)8-1-2-9(10(7-8)18(20)21)17-5-3-11(19)22-6-4-16/h1-2,7,17H,3,5-6H2. The Labute approximate surface area is 122 Å². The summed E-state index contributed by atoms with van der Waals surface area (Å²) in [6, 6.07) is 3.62. The van der Waals surface area contributed by atoms with Crippen LogP contribution < -0.4 is 5.32 Å². The molecule has 0 atom stereocenters. The predicted molar refractivity (Wildman–Crippen MR) is 67.8 cm³/mol. The van der Waals surface area contributed by atoms with E-state index in [1.54, 1.807) is 6.07 Å². The highest BCUT2D eigenvalue weighted by molar-refractivity contribution is 5.71. The molecular formula is C12H10F3N3O4. The van der Waals surface area contributed by atoms with Gasteiger partial charge in [0.1, 0.15) is 11.8 Å². The van der Waals surface area contributed by atoms with Crippen molar-refractivity contribution in [3.8, 4) is 6.07 Å². The van der Waals surface area contributed by atoms with E-state index in [1.165, 1.54) is 0 Å². The maximum Gasteiger partial charge on any atom is 0.416 e. The summed E-state index contributed by atoms with van der Waals surface area (Å²) in [5.74, 6) is -0.705. The highest BCUT2D eigenvalue weighted by Gasteiger charge is 2.33. The quantitative estimate of drug-likeness (QED) is 0.491. The zero-order valence-corrected chi connectivity index (χ0v) is 11.0. The van der Waals surface area contributed by atoms with Crippen molar-refractivity contribution in [2.45, 2.75) is 12.6 Å². The van der Waals surface area contributed by atoms with Crippen LogP contribution in [0.5, 0.6) is 0 Å². The van der Waals surface area contributed by atoms with Crippen LogP contribution in [0.15, 0.2) is 18.2 Å². The first-order valence-corrected chi connectivity index (χ1v) is 5.87.